The summed E-state index contributed by atoms with van der Waals surface area (Å²) in [5, 5.41) is 4.24. The largest absolute Gasteiger partial charge is 0.379 e. The molecule has 3 rings (SSSR count). The SMILES string of the molecule is C#CCC(c1cccc(S(=O)(=O)N2CCOCC2)c1)n1cccn1. The van der Waals surface area contributed by atoms with Crippen molar-refractivity contribution < 1.29 is 13.2 Å². The van der Waals surface area contributed by atoms with Crippen molar-refractivity contribution in [2.45, 2.75) is 17.4 Å². The van der Waals surface area contributed by atoms with Gasteiger partial charge in [0.25, 0.3) is 0 Å². The lowest BCUT2D eigenvalue weighted by Crippen LogP contribution is -2.40. The van der Waals surface area contributed by atoms with E-state index in [1.807, 2.05) is 18.3 Å². The maximum Gasteiger partial charge on any atom is 0.243 e. The van der Waals surface area contributed by atoms with Gasteiger partial charge < -0.3 is 4.74 Å². The highest BCUT2D eigenvalue weighted by Crippen LogP contribution is 2.25. The molecule has 1 saturated heterocycles. The van der Waals surface area contributed by atoms with E-state index in [4.69, 9.17) is 11.2 Å². The van der Waals surface area contributed by atoms with Crippen LogP contribution in [-0.4, -0.2) is 48.8 Å². The van der Waals surface area contributed by atoms with Crippen LogP contribution < -0.4 is 0 Å². The average molecular weight is 345 g/mol. The highest BCUT2D eigenvalue weighted by molar-refractivity contribution is 7.89. The van der Waals surface area contributed by atoms with Crippen LogP contribution >= 0.6 is 0 Å². The first-order chi connectivity index (χ1) is 11.6. The van der Waals surface area contributed by atoms with Crippen molar-refractivity contribution in [1.82, 2.24) is 14.1 Å². The smallest absolute Gasteiger partial charge is 0.243 e. The lowest BCUT2D eigenvalue weighted by Gasteiger charge is -2.26. The monoisotopic (exact) mass is 345 g/mol. The normalized spacial score (nSPS) is 17.3. The second-order valence-electron chi connectivity index (χ2n) is 5.50. The summed E-state index contributed by atoms with van der Waals surface area (Å²) in [6.07, 6.45) is 9.42. The van der Waals surface area contributed by atoms with Gasteiger partial charge in [-0.2, -0.15) is 9.40 Å². The average Bonchev–Trinajstić information content (AvgIpc) is 3.15. The summed E-state index contributed by atoms with van der Waals surface area (Å²) in [4.78, 5) is 0.274. The van der Waals surface area contributed by atoms with E-state index in [1.165, 1.54) is 4.31 Å². The zero-order chi connectivity index (χ0) is 17.0. The topological polar surface area (TPSA) is 64.4 Å². The molecule has 0 bridgehead atoms. The quantitative estimate of drug-likeness (QED) is 0.771. The van der Waals surface area contributed by atoms with E-state index in [-0.39, 0.29) is 10.9 Å². The number of ether oxygens (including phenoxy) is 1. The molecular weight excluding hydrogens is 326 g/mol. The molecule has 1 fully saturated rings. The molecule has 0 radical (unpaired) electrons. The Morgan fingerprint density at radius 2 is 2.08 bits per heavy atom. The number of nitrogens with zero attached hydrogens (tertiary/aromatic N) is 3. The van der Waals surface area contributed by atoms with Crippen LogP contribution in [-0.2, 0) is 14.8 Å². The third-order valence-electron chi connectivity index (χ3n) is 4.01. The molecule has 1 aliphatic rings. The first-order valence-electron chi connectivity index (χ1n) is 7.73. The summed E-state index contributed by atoms with van der Waals surface area (Å²) < 4.78 is 34.1. The Bertz CT molecular complexity index is 819. The maximum atomic E-state index is 12.8. The number of aromatic nitrogens is 2. The highest BCUT2D eigenvalue weighted by Gasteiger charge is 2.27. The molecular formula is C17H19N3O3S. The van der Waals surface area contributed by atoms with E-state index >= 15 is 0 Å². The number of terminal acetylenes is 1. The summed E-state index contributed by atoms with van der Waals surface area (Å²) in [5.74, 6) is 2.64. The summed E-state index contributed by atoms with van der Waals surface area (Å²) in [6, 6.07) is 8.55. The fourth-order valence-corrected chi connectivity index (χ4v) is 4.22. The van der Waals surface area contributed by atoms with Crippen LogP contribution in [0.5, 0.6) is 0 Å². The van der Waals surface area contributed by atoms with Crippen LogP contribution in [0.4, 0.5) is 0 Å². The summed E-state index contributed by atoms with van der Waals surface area (Å²) in [6.45, 7) is 1.59. The zero-order valence-corrected chi connectivity index (χ0v) is 14.0. The van der Waals surface area contributed by atoms with Crippen molar-refractivity contribution >= 4 is 10.0 Å². The molecule has 1 atom stereocenters. The van der Waals surface area contributed by atoms with Gasteiger partial charge in [0.1, 0.15) is 0 Å². The summed E-state index contributed by atoms with van der Waals surface area (Å²) >= 11 is 0. The number of hydrogen-bond acceptors (Lipinski definition) is 4. The Balaban J connectivity index is 1.95. The van der Waals surface area contributed by atoms with Gasteiger partial charge in [0, 0.05) is 31.9 Å². The molecule has 7 heteroatoms. The Hall–Kier alpha value is -2.14. The molecule has 24 heavy (non-hydrogen) atoms. The van der Waals surface area contributed by atoms with E-state index in [1.54, 1.807) is 29.1 Å². The van der Waals surface area contributed by atoms with Crippen LogP contribution in [0.1, 0.15) is 18.0 Å². The zero-order valence-electron chi connectivity index (χ0n) is 13.2. The fraction of sp³-hybridized carbons (Fsp3) is 0.353. The number of sulfonamides is 1. The van der Waals surface area contributed by atoms with Gasteiger partial charge in [-0.25, -0.2) is 8.42 Å². The number of morpholine rings is 1. The van der Waals surface area contributed by atoms with Crippen molar-refractivity contribution in [1.29, 1.82) is 0 Å². The number of hydrogen-bond donors (Lipinski definition) is 0. The second-order valence-corrected chi connectivity index (χ2v) is 7.44. The van der Waals surface area contributed by atoms with Gasteiger partial charge in [0.15, 0.2) is 0 Å². The van der Waals surface area contributed by atoms with E-state index in [0.717, 1.165) is 5.56 Å². The van der Waals surface area contributed by atoms with Crippen LogP contribution in [0.15, 0.2) is 47.6 Å². The van der Waals surface area contributed by atoms with Gasteiger partial charge in [-0.3, -0.25) is 4.68 Å². The minimum absolute atomic E-state index is 0.190. The lowest BCUT2D eigenvalue weighted by atomic mass is 10.0. The number of rotatable bonds is 5. The summed E-state index contributed by atoms with van der Waals surface area (Å²) in [7, 11) is -3.53. The van der Waals surface area contributed by atoms with Gasteiger partial charge in [-0.05, 0) is 23.8 Å². The van der Waals surface area contributed by atoms with Gasteiger partial charge in [-0.1, -0.05) is 12.1 Å². The third-order valence-corrected chi connectivity index (χ3v) is 5.90. The van der Waals surface area contributed by atoms with Crippen molar-refractivity contribution in [3.63, 3.8) is 0 Å². The first kappa shape index (κ1) is 16.7. The predicted molar refractivity (Wildman–Crippen MR) is 89.8 cm³/mol. The maximum absolute atomic E-state index is 12.8. The fourth-order valence-electron chi connectivity index (χ4n) is 2.76. The molecule has 2 aromatic rings. The Labute approximate surface area is 142 Å². The molecule has 0 spiro atoms. The molecule has 0 amide bonds. The first-order valence-corrected chi connectivity index (χ1v) is 9.17. The van der Waals surface area contributed by atoms with Crippen LogP contribution in [0, 0.1) is 12.3 Å². The molecule has 0 saturated carbocycles. The highest BCUT2D eigenvalue weighted by atomic mass is 32.2. The van der Waals surface area contributed by atoms with Gasteiger partial charge >= 0.3 is 0 Å². The minimum atomic E-state index is -3.53. The molecule has 126 valence electrons. The van der Waals surface area contributed by atoms with Crippen LogP contribution in [0.25, 0.3) is 0 Å². The standard InChI is InChI=1S/C17H19N3O3S/c1-2-5-17(20-9-4-8-18-20)15-6-3-7-16(14-15)24(21,22)19-10-12-23-13-11-19/h1,3-4,6-9,14,17H,5,10-13H2. The molecule has 1 aromatic heterocycles. The Morgan fingerprint density at radius 3 is 2.75 bits per heavy atom. The molecule has 1 aromatic carbocycles. The van der Waals surface area contributed by atoms with Crippen LogP contribution in [0.3, 0.4) is 0 Å². The summed E-state index contributed by atoms with van der Waals surface area (Å²) in [5.41, 5.74) is 0.825. The number of benzene rings is 1. The van der Waals surface area contributed by atoms with Crippen LogP contribution in [0.2, 0.25) is 0 Å². The molecule has 2 heterocycles. The van der Waals surface area contributed by atoms with Crippen molar-refractivity contribution in [3.8, 4) is 12.3 Å². The predicted octanol–water partition coefficient (Wildman–Crippen LogP) is 1.52. The van der Waals surface area contributed by atoms with Gasteiger partial charge in [0.05, 0.1) is 24.2 Å². The van der Waals surface area contributed by atoms with E-state index < -0.39 is 10.0 Å². The van der Waals surface area contributed by atoms with Crippen molar-refractivity contribution in [2.24, 2.45) is 0 Å². The molecule has 1 aliphatic heterocycles. The minimum Gasteiger partial charge on any atom is -0.379 e. The van der Waals surface area contributed by atoms with E-state index in [9.17, 15) is 8.42 Å². The molecule has 0 aliphatic carbocycles. The van der Waals surface area contributed by atoms with E-state index in [2.05, 4.69) is 11.0 Å². The molecule has 1 unspecified atom stereocenters. The van der Waals surface area contributed by atoms with Crippen molar-refractivity contribution in [2.75, 3.05) is 26.3 Å². The second kappa shape index (κ2) is 7.18. The Morgan fingerprint density at radius 1 is 1.29 bits per heavy atom. The molecule has 6 nitrogen and oxygen atoms in total. The van der Waals surface area contributed by atoms with E-state index in [0.29, 0.717) is 32.7 Å². The van der Waals surface area contributed by atoms with Crippen molar-refractivity contribution in [3.05, 3.63) is 48.3 Å². The van der Waals surface area contributed by atoms with Gasteiger partial charge in [-0.15, -0.1) is 12.3 Å². The Kier molecular flexibility index (Phi) is 5.00. The lowest BCUT2D eigenvalue weighted by molar-refractivity contribution is 0.0730. The molecule has 0 N–H and O–H groups in total. The van der Waals surface area contributed by atoms with Gasteiger partial charge in [0.2, 0.25) is 10.0 Å². The third kappa shape index (κ3) is 3.36.